The Bertz CT molecular complexity index is 946. The molecule has 6 heteroatoms. The molecule has 5 nitrogen and oxygen atoms in total. The number of H-pyrrole nitrogens is 1. The van der Waals surface area contributed by atoms with Crippen molar-refractivity contribution in [2.75, 3.05) is 0 Å². The number of hydrogen-bond donors (Lipinski definition) is 1. The van der Waals surface area contributed by atoms with Gasteiger partial charge in [-0.1, -0.05) is 37.3 Å². The van der Waals surface area contributed by atoms with Crippen LogP contribution < -0.4 is 5.59 Å². The van der Waals surface area contributed by atoms with Crippen molar-refractivity contribution in [2.45, 2.75) is 45.3 Å². The SMILES string of the molecule is [B]c1cnc2[nH]cc(C(=O)C3(C)CCC(OCc4ccccc4)CC3)c2n1. The molecule has 0 bridgehead atoms. The molecule has 2 radical (unpaired) electrons. The first kappa shape index (κ1) is 17.9. The smallest absolute Gasteiger partial charge is 0.172 e. The minimum atomic E-state index is -0.409. The average molecular weight is 359 g/mol. The molecule has 0 saturated heterocycles. The van der Waals surface area contributed by atoms with Gasteiger partial charge in [0.15, 0.2) is 11.4 Å². The summed E-state index contributed by atoms with van der Waals surface area (Å²) >= 11 is 0. The fraction of sp³-hybridized carbons (Fsp3) is 0.381. The molecule has 1 aromatic carbocycles. The number of fused-ring (bicyclic) bond motifs is 1. The van der Waals surface area contributed by atoms with Crippen LogP contribution in [0.1, 0.15) is 48.5 Å². The number of hydrogen-bond acceptors (Lipinski definition) is 4. The Labute approximate surface area is 160 Å². The zero-order valence-corrected chi connectivity index (χ0v) is 15.4. The molecule has 136 valence electrons. The van der Waals surface area contributed by atoms with Gasteiger partial charge in [-0.3, -0.25) is 9.78 Å². The summed E-state index contributed by atoms with van der Waals surface area (Å²) in [5, 5.41) is 0. The van der Waals surface area contributed by atoms with Crippen LogP contribution in [0, 0.1) is 5.41 Å². The number of benzene rings is 1. The Kier molecular flexibility index (Phi) is 4.83. The van der Waals surface area contributed by atoms with Gasteiger partial charge in [0, 0.05) is 23.4 Å². The standard InChI is InChI=1S/C21H22BN3O2/c1-21(19(26)16-11-23-20-18(16)25-17(22)12-24-20)9-7-15(8-10-21)27-13-14-5-3-2-4-6-14/h2-6,11-12,15H,7-10,13H2,1H3,(H,23,24). The summed E-state index contributed by atoms with van der Waals surface area (Å²) in [6, 6.07) is 10.2. The normalized spacial score (nSPS) is 22.8. The summed E-state index contributed by atoms with van der Waals surface area (Å²) in [5.74, 6) is 0.107. The fourth-order valence-electron chi connectivity index (χ4n) is 3.81. The third kappa shape index (κ3) is 3.67. The van der Waals surface area contributed by atoms with E-state index in [0.717, 1.165) is 25.7 Å². The molecule has 0 atom stereocenters. The summed E-state index contributed by atoms with van der Waals surface area (Å²) in [4.78, 5) is 24.8. The van der Waals surface area contributed by atoms with Crippen LogP contribution in [0.2, 0.25) is 0 Å². The van der Waals surface area contributed by atoms with Crippen molar-refractivity contribution in [1.29, 1.82) is 0 Å². The molecule has 0 spiro atoms. The largest absolute Gasteiger partial charge is 0.374 e. The number of carbonyl (C=O) groups excluding carboxylic acids is 1. The highest BCUT2D eigenvalue weighted by molar-refractivity contribution is 6.31. The molecule has 2 heterocycles. The zero-order valence-electron chi connectivity index (χ0n) is 15.4. The van der Waals surface area contributed by atoms with Crippen LogP contribution in [0.5, 0.6) is 0 Å². The van der Waals surface area contributed by atoms with Gasteiger partial charge in [-0.15, -0.1) is 0 Å². The van der Waals surface area contributed by atoms with Crippen molar-refractivity contribution in [3.05, 3.63) is 53.9 Å². The van der Waals surface area contributed by atoms with E-state index in [0.29, 0.717) is 28.9 Å². The van der Waals surface area contributed by atoms with Crippen molar-refractivity contribution < 1.29 is 9.53 Å². The highest BCUT2D eigenvalue weighted by atomic mass is 16.5. The topological polar surface area (TPSA) is 67.9 Å². The maximum atomic E-state index is 13.2. The van der Waals surface area contributed by atoms with Crippen LogP contribution in [0.3, 0.4) is 0 Å². The molecule has 2 aromatic heterocycles. The van der Waals surface area contributed by atoms with E-state index in [9.17, 15) is 4.79 Å². The maximum absolute atomic E-state index is 13.2. The highest BCUT2D eigenvalue weighted by Gasteiger charge is 2.39. The molecule has 3 aromatic rings. The van der Waals surface area contributed by atoms with E-state index in [1.54, 1.807) is 6.20 Å². The number of ether oxygens (including phenoxy) is 1. The lowest BCUT2D eigenvalue weighted by Crippen LogP contribution is -2.35. The molecule has 0 aliphatic heterocycles. The Morgan fingerprint density at radius 2 is 2.04 bits per heavy atom. The van der Waals surface area contributed by atoms with E-state index in [1.807, 2.05) is 25.1 Å². The van der Waals surface area contributed by atoms with E-state index in [1.165, 1.54) is 11.8 Å². The maximum Gasteiger partial charge on any atom is 0.172 e. The van der Waals surface area contributed by atoms with E-state index in [-0.39, 0.29) is 11.9 Å². The quantitative estimate of drug-likeness (QED) is 0.562. The minimum Gasteiger partial charge on any atom is -0.374 e. The van der Waals surface area contributed by atoms with Crippen LogP contribution >= 0.6 is 0 Å². The van der Waals surface area contributed by atoms with Gasteiger partial charge < -0.3 is 9.72 Å². The van der Waals surface area contributed by atoms with Crippen LogP contribution in [-0.2, 0) is 11.3 Å². The monoisotopic (exact) mass is 359 g/mol. The van der Waals surface area contributed by atoms with E-state index in [4.69, 9.17) is 12.6 Å². The molecule has 1 saturated carbocycles. The zero-order chi connectivity index (χ0) is 18.9. The van der Waals surface area contributed by atoms with Crippen molar-refractivity contribution in [3.63, 3.8) is 0 Å². The summed E-state index contributed by atoms with van der Waals surface area (Å²) < 4.78 is 6.06. The lowest BCUT2D eigenvalue weighted by atomic mass is 9.70. The number of ketones is 1. The predicted molar refractivity (Wildman–Crippen MR) is 105 cm³/mol. The number of nitrogens with one attached hydrogen (secondary N) is 1. The van der Waals surface area contributed by atoms with Crippen LogP contribution in [0.25, 0.3) is 11.2 Å². The first-order valence-corrected chi connectivity index (χ1v) is 9.35. The Morgan fingerprint density at radius 3 is 2.78 bits per heavy atom. The number of carbonyl (C=O) groups is 1. The van der Waals surface area contributed by atoms with Crippen molar-refractivity contribution in [3.8, 4) is 0 Å². The van der Waals surface area contributed by atoms with Crippen molar-refractivity contribution in [2.24, 2.45) is 5.41 Å². The fourth-order valence-corrected chi connectivity index (χ4v) is 3.81. The molecule has 4 rings (SSSR count). The number of nitrogens with zero attached hydrogens (tertiary/aromatic N) is 2. The second kappa shape index (κ2) is 7.27. The molecular weight excluding hydrogens is 337 g/mol. The van der Waals surface area contributed by atoms with E-state index < -0.39 is 5.41 Å². The third-order valence-corrected chi connectivity index (χ3v) is 5.56. The van der Waals surface area contributed by atoms with Gasteiger partial charge in [-0.2, -0.15) is 0 Å². The number of rotatable bonds is 5. The lowest BCUT2D eigenvalue weighted by Gasteiger charge is -2.35. The van der Waals surface area contributed by atoms with E-state index >= 15 is 0 Å². The molecule has 1 aliphatic carbocycles. The number of Topliss-reactive ketones (excluding diaryl/α,β-unsaturated/α-hetero) is 1. The molecule has 1 aliphatic rings. The van der Waals surface area contributed by atoms with Gasteiger partial charge in [-0.25, -0.2) is 4.98 Å². The van der Waals surface area contributed by atoms with Gasteiger partial charge in [0.25, 0.3) is 0 Å². The Hall–Kier alpha value is -2.47. The Morgan fingerprint density at radius 1 is 1.30 bits per heavy atom. The predicted octanol–water partition coefficient (Wildman–Crippen LogP) is 3.10. The second-order valence-electron chi connectivity index (χ2n) is 7.58. The van der Waals surface area contributed by atoms with Gasteiger partial charge >= 0.3 is 0 Å². The first-order valence-electron chi connectivity index (χ1n) is 9.35. The summed E-state index contributed by atoms with van der Waals surface area (Å²) in [6.45, 7) is 2.66. The minimum absolute atomic E-state index is 0.107. The molecule has 0 unspecified atom stereocenters. The van der Waals surface area contributed by atoms with Crippen LogP contribution in [-0.4, -0.2) is 34.7 Å². The van der Waals surface area contributed by atoms with Gasteiger partial charge in [-0.05, 0) is 31.2 Å². The van der Waals surface area contributed by atoms with Crippen LogP contribution in [0.4, 0.5) is 0 Å². The van der Waals surface area contributed by atoms with Crippen molar-refractivity contribution in [1.82, 2.24) is 15.0 Å². The molecule has 1 N–H and O–H groups in total. The van der Waals surface area contributed by atoms with Crippen molar-refractivity contribution >= 4 is 30.4 Å². The Balaban J connectivity index is 1.42. The lowest BCUT2D eigenvalue weighted by molar-refractivity contribution is -0.00557. The average Bonchev–Trinajstić information content (AvgIpc) is 3.10. The highest BCUT2D eigenvalue weighted by Crippen LogP contribution is 2.40. The van der Waals surface area contributed by atoms with E-state index in [2.05, 4.69) is 27.1 Å². The first-order chi connectivity index (χ1) is 13.0. The molecule has 27 heavy (non-hydrogen) atoms. The molecule has 0 amide bonds. The molecular formula is C21H22BN3O2. The third-order valence-electron chi connectivity index (χ3n) is 5.56. The number of aromatic amines is 1. The summed E-state index contributed by atoms with van der Waals surface area (Å²) in [6.07, 6.45) is 6.75. The van der Waals surface area contributed by atoms with Gasteiger partial charge in [0.1, 0.15) is 13.4 Å². The summed E-state index contributed by atoms with van der Waals surface area (Å²) in [5.41, 5.74) is 2.82. The number of aromatic nitrogens is 3. The van der Waals surface area contributed by atoms with Crippen LogP contribution in [0.15, 0.2) is 42.7 Å². The molecule has 1 fully saturated rings. The summed E-state index contributed by atoms with van der Waals surface area (Å²) in [7, 11) is 5.75. The second-order valence-corrected chi connectivity index (χ2v) is 7.58. The van der Waals surface area contributed by atoms with Gasteiger partial charge in [0.2, 0.25) is 0 Å². The van der Waals surface area contributed by atoms with Gasteiger partial charge in [0.05, 0.1) is 18.3 Å².